The molecule has 0 aliphatic rings. The van der Waals surface area contributed by atoms with E-state index in [1.165, 1.54) is 6.33 Å². The fourth-order valence-electron chi connectivity index (χ4n) is 1.39. The largest absolute Gasteiger partial charge is 0.391 e. The molecule has 0 spiro atoms. The van der Waals surface area contributed by atoms with Crippen LogP contribution in [0.5, 0.6) is 0 Å². The Morgan fingerprint density at radius 1 is 1.47 bits per heavy atom. The molecule has 1 aromatic heterocycles. The maximum Gasteiger partial charge on any atom is 0.157 e. The van der Waals surface area contributed by atoms with E-state index in [2.05, 4.69) is 27.5 Å². The first kappa shape index (κ1) is 14.0. The first-order chi connectivity index (χ1) is 8.10. The third-order valence-electron chi connectivity index (χ3n) is 2.83. The second-order valence-electron chi connectivity index (χ2n) is 3.97. The number of aromatic nitrogens is 2. The van der Waals surface area contributed by atoms with E-state index >= 15 is 0 Å². The van der Waals surface area contributed by atoms with Gasteiger partial charge in [0.05, 0.1) is 6.10 Å². The van der Waals surface area contributed by atoms with E-state index in [1.54, 1.807) is 7.05 Å². The third-order valence-corrected chi connectivity index (χ3v) is 3.12. The molecule has 0 radical (unpaired) electrons. The van der Waals surface area contributed by atoms with Crippen molar-refractivity contribution in [2.45, 2.75) is 26.4 Å². The molecule has 0 saturated carbocycles. The zero-order valence-electron chi connectivity index (χ0n) is 10.4. The van der Waals surface area contributed by atoms with E-state index in [4.69, 9.17) is 11.6 Å². The van der Waals surface area contributed by atoms with E-state index in [0.29, 0.717) is 23.2 Å². The summed E-state index contributed by atoms with van der Waals surface area (Å²) >= 11 is 5.92. The predicted octanol–water partition coefficient (Wildman–Crippen LogP) is 1.99. The van der Waals surface area contributed by atoms with Gasteiger partial charge in [-0.2, -0.15) is 0 Å². The maximum atomic E-state index is 9.85. The quantitative estimate of drug-likeness (QED) is 0.681. The van der Waals surface area contributed by atoms with Gasteiger partial charge in [-0.15, -0.1) is 0 Å². The first-order valence-electron chi connectivity index (χ1n) is 5.70. The van der Waals surface area contributed by atoms with Crippen LogP contribution in [0, 0.1) is 5.92 Å². The van der Waals surface area contributed by atoms with E-state index in [-0.39, 0.29) is 5.92 Å². The van der Waals surface area contributed by atoms with Gasteiger partial charge in [0.2, 0.25) is 0 Å². The highest BCUT2D eigenvalue weighted by Gasteiger charge is 2.14. The number of aliphatic hydroxyl groups is 1. The molecule has 0 bridgehead atoms. The van der Waals surface area contributed by atoms with Gasteiger partial charge in [0.15, 0.2) is 11.0 Å². The highest BCUT2D eigenvalue weighted by Crippen LogP contribution is 2.25. The summed E-state index contributed by atoms with van der Waals surface area (Å²) in [7, 11) is 1.75. The zero-order chi connectivity index (χ0) is 12.8. The van der Waals surface area contributed by atoms with Crippen LogP contribution in [0.25, 0.3) is 0 Å². The summed E-state index contributed by atoms with van der Waals surface area (Å²) in [6.45, 7) is 4.50. The molecule has 2 atom stereocenters. The number of halogens is 1. The van der Waals surface area contributed by atoms with E-state index < -0.39 is 6.10 Å². The second-order valence-corrected chi connectivity index (χ2v) is 4.33. The normalized spacial score (nSPS) is 14.2. The molecule has 96 valence electrons. The summed E-state index contributed by atoms with van der Waals surface area (Å²) in [5.41, 5.74) is 0.644. The standard InChI is InChI=1S/C11H19ClN4O/c1-4-7(2)8(17)5-14-11-9(13-3)10(12)15-6-16-11/h6-8,13,17H,4-5H2,1-3H3,(H,14,15,16). The highest BCUT2D eigenvalue weighted by molar-refractivity contribution is 6.32. The van der Waals surface area contributed by atoms with Crippen molar-refractivity contribution in [3.8, 4) is 0 Å². The molecular formula is C11H19ClN4O. The number of aliphatic hydroxyl groups excluding tert-OH is 1. The average Bonchev–Trinajstić information content (AvgIpc) is 2.34. The molecule has 5 nitrogen and oxygen atoms in total. The van der Waals surface area contributed by atoms with Crippen molar-refractivity contribution in [3.05, 3.63) is 11.5 Å². The Bertz CT molecular complexity index is 361. The number of rotatable bonds is 6. The van der Waals surface area contributed by atoms with Crippen molar-refractivity contribution in [3.63, 3.8) is 0 Å². The van der Waals surface area contributed by atoms with Crippen LogP contribution in [0.4, 0.5) is 11.5 Å². The fraction of sp³-hybridized carbons (Fsp3) is 0.636. The van der Waals surface area contributed by atoms with Crippen LogP contribution in [-0.4, -0.2) is 34.8 Å². The lowest BCUT2D eigenvalue weighted by molar-refractivity contribution is 0.126. The molecule has 2 unspecified atom stereocenters. The van der Waals surface area contributed by atoms with Crippen molar-refractivity contribution in [1.29, 1.82) is 0 Å². The summed E-state index contributed by atoms with van der Waals surface area (Å²) in [5.74, 6) is 0.854. The van der Waals surface area contributed by atoms with Crippen molar-refractivity contribution in [1.82, 2.24) is 9.97 Å². The SMILES string of the molecule is CCC(C)C(O)CNc1ncnc(Cl)c1NC. The number of anilines is 2. The summed E-state index contributed by atoms with van der Waals surface area (Å²) in [5, 5.41) is 16.2. The van der Waals surface area contributed by atoms with Gasteiger partial charge in [-0.3, -0.25) is 0 Å². The van der Waals surface area contributed by atoms with Crippen molar-refractivity contribution >= 4 is 23.1 Å². The molecule has 0 amide bonds. The molecule has 0 aromatic carbocycles. The van der Waals surface area contributed by atoms with Crippen LogP contribution in [0.3, 0.4) is 0 Å². The van der Waals surface area contributed by atoms with Crippen LogP contribution in [0.15, 0.2) is 6.33 Å². The minimum absolute atomic E-state index is 0.248. The first-order valence-corrected chi connectivity index (χ1v) is 6.08. The molecule has 0 aliphatic carbocycles. The molecule has 17 heavy (non-hydrogen) atoms. The summed E-state index contributed by atoms with van der Waals surface area (Å²) < 4.78 is 0. The van der Waals surface area contributed by atoms with Gasteiger partial charge in [0.25, 0.3) is 0 Å². The number of nitrogens with zero attached hydrogens (tertiary/aromatic N) is 2. The Balaban J connectivity index is 2.66. The lowest BCUT2D eigenvalue weighted by Crippen LogP contribution is -2.26. The lowest BCUT2D eigenvalue weighted by atomic mass is 10.0. The fourth-order valence-corrected chi connectivity index (χ4v) is 1.62. The minimum atomic E-state index is -0.404. The molecule has 0 saturated heterocycles. The molecule has 3 N–H and O–H groups in total. The van der Waals surface area contributed by atoms with Crippen LogP contribution in [0.1, 0.15) is 20.3 Å². The number of hydrogen-bond acceptors (Lipinski definition) is 5. The Kier molecular flexibility index (Phi) is 5.44. The monoisotopic (exact) mass is 258 g/mol. The topological polar surface area (TPSA) is 70.1 Å². The summed E-state index contributed by atoms with van der Waals surface area (Å²) in [6.07, 6.45) is 1.92. The molecule has 0 aliphatic heterocycles. The molecule has 1 rings (SSSR count). The van der Waals surface area contributed by atoms with Crippen LogP contribution < -0.4 is 10.6 Å². The van der Waals surface area contributed by atoms with Gasteiger partial charge >= 0.3 is 0 Å². The van der Waals surface area contributed by atoms with Gasteiger partial charge < -0.3 is 15.7 Å². The second kappa shape index (κ2) is 6.61. The van der Waals surface area contributed by atoms with Gasteiger partial charge in [-0.25, -0.2) is 9.97 Å². The van der Waals surface area contributed by atoms with E-state index in [9.17, 15) is 5.11 Å². The van der Waals surface area contributed by atoms with Crippen LogP contribution >= 0.6 is 11.6 Å². The minimum Gasteiger partial charge on any atom is -0.391 e. The van der Waals surface area contributed by atoms with Gasteiger partial charge in [0.1, 0.15) is 12.0 Å². The summed E-state index contributed by atoms with van der Waals surface area (Å²) in [6, 6.07) is 0. The Morgan fingerprint density at radius 3 is 2.76 bits per heavy atom. The van der Waals surface area contributed by atoms with E-state index in [0.717, 1.165) is 6.42 Å². The van der Waals surface area contributed by atoms with Crippen LogP contribution in [0.2, 0.25) is 5.15 Å². The van der Waals surface area contributed by atoms with Gasteiger partial charge in [-0.05, 0) is 5.92 Å². The molecule has 0 fully saturated rings. The number of nitrogens with one attached hydrogen (secondary N) is 2. The predicted molar refractivity (Wildman–Crippen MR) is 70.5 cm³/mol. The Morgan fingerprint density at radius 2 is 2.18 bits per heavy atom. The zero-order valence-corrected chi connectivity index (χ0v) is 11.1. The maximum absolute atomic E-state index is 9.85. The molecule has 6 heteroatoms. The van der Waals surface area contributed by atoms with Crippen molar-refractivity contribution < 1.29 is 5.11 Å². The molecular weight excluding hydrogens is 240 g/mol. The van der Waals surface area contributed by atoms with Crippen molar-refractivity contribution in [2.24, 2.45) is 5.92 Å². The Labute approximate surface area is 107 Å². The Hall–Kier alpha value is -1.07. The smallest absolute Gasteiger partial charge is 0.157 e. The van der Waals surface area contributed by atoms with Gasteiger partial charge in [0, 0.05) is 13.6 Å². The van der Waals surface area contributed by atoms with E-state index in [1.807, 2.05) is 6.92 Å². The average molecular weight is 259 g/mol. The lowest BCUT2D eigenvalue weighted by Gasteiger charge is -2.19. The molecule has 1 aromatic rings. The number of hydrogen-bond donors (Lipinski definition) is 3. The van der Waals surface area contributed by atoms with Gasteiger partial charge in [-0.1, -0.05) is 31.9 Å². The van der Waals surface area contributed by atoms with Crippen molar-refractivity contribution in [2.75, 3.05) is 24.2 Å². The summed E-state index contributed by atoms with van der Waals surface area (Å²) in [4.78, 5) is 7.97. The third kappa shape index (κ3) is 3.71. The molecule has 1 heterocycles. The van der Waals surface area contributed by atoms with Crippen LogP contribution in [-0.2, 0) is 0 Å². The highest BCUT2D eigenvalue weighted by atomic mass is 35.5.